The summed E-state index contributed by atoms with van der Waals surface area (Å²) in [6.07, 6.45) is 4.08. The first-order valence-electron chi connectivity index (χ1n) is 6.56. The normalized spacial score (nSPS) is 11.2. The summed E-state index contributed by atoms with van der Waals surface area (Å²) in [5, 5.41) is 7.60. The third kappa shape index (κ3) is 4.82. The Morgan fingerprint density at radius 3 is 2.41 bits per heavy atom. The molecule has 5 nitrogen and oxygen atoms in total. The van der Waals surface area contributed by atoms with Gasteiger partial charge in [-0.05, 0) is 17.7 Å². The van der Waals surface area contributed by atoms with Crippen LogP contribution in [0.5, 0.6) is 0 Å². The Morgan fingerprint density at radius 1 is 1.23 bits per heavy atom. The first-order valence-corrected chi connectivity index (χ1v) is 7.31. The van der Waals surface area contributed by atoms with Crippen molar-refractivity contribution in [2.45, 2.75) is 13.1 Å². The van der Waals surface area contributed by atoms with Gasteiger partial charge in [0.2, 0.25) is 0 Å². The highest BCUT2D eigenvalue weighted by molar-refractivity contribution is 14.0. The van der Waals surface area contributed by atoms with Crippen LogP contribution in [0.2, 0.25) is 10.2 Å². The number of aromatic nitrogens is 2. The van der Waals surface area contributed by atoms with Gasteiger partial charge in [0.25, 0.3) is 0 Å². The van der Waals surface area contributed by atoms with E-state index in [0.717, 1.165) is 18.2 Å². The Bertz CT molecular complexity index is 648. The van der Waals surface area contributed by atoms with Crippen molar-refractivity contribution in [2.24, 2.45) is 19.1 Å². The molecule has 0 saturated heterocycles. The van der Waals surface area contributed by atoms with E-state index in [2.05, 4.69) is 27.9 Å². The molecule has 22 heavy (non-hydrogen) atoms. The molecule has 0 unspecified atom stereocenters. The van der Waals surface area contributed by atoms with E-state index in [1.54, 1.807) is 7.05 Å². The van der Waals surface area contributed by atoms with Gasteiger partial charge in [-0.25, -0.2) is 0 Å². The molecule has 0 saturated carbocycles. The van der Waals surface area contributed by atoms with Gasteiger partial charge < -0.3 is 19.8 Å². The fourth-order valence-electron chi connectivity index (χ4n) is 2.00. The number of nitrogens with one attached hydrogen (secondary N) is 2. The van der Waals surface area contributed by atoms with Crippen molar-refractivity contribution in [2.75, 3.05) is 7.05 Å². The number of aryl methyl sites for hydroxylation is 1. The number of hydrogen-bond donors (Lipinski definition) is 2. The maximum Gasteiger partial charge on any atom is 0.191 e. The molecule has 0 amide bonds. The summed E-state index contributed by atoms with van der Waals surface area (Å²) in [6.45, 7) is 1.31. The average molecular weight is 456 g/mol. The van der Waals surface area contributed by atoms with Gasteiger partial charge in [-0.3, -0.25) is 4.99 Å². The minimum Gasteiger partial charge on any atom is -0.357 e. The lowest BCUT2D eigenvalue weighted by Crippen LogP contribution is -2.36. The third-order valence-electron chi connectivity index (χ3n) is 3.23. The van der Waals surface area contributed by atoms with Crippen molar-refractivity contribution in [3.05, 3.63) is 46.0 Å². The molecule has 2 N–H and O–H groups in total. The molecule has 0 fully saturated rings. The lowest BCUT2D eigenvalue weighted by Gasteiger charge is -2.12. The Labute approximate surface area is 157 Å². The zero-order chi connectivity index (χ0) is 15.4. The predicted molar refractivity (Wildman–Crippen MR) is 103 cm³/mol. The van der Waals surface area contributed by atoms with Crippen LogP contribution in [0.4, 0.5) is 0 Å². The summed E-state index contributed by atoms with van der Waals surface area (Å²) in [4.78, 5) is 4.20. The van der Waals surface area contributed by atoms with Crippen LogP contribution in [0.25, 0.3) is 0 Å². The quantitative estimate of drug-likeness (QED) is 0.422. The van der Waals surface area contributed by atoms with Crippen LogP contribution >= 0.6 is 47.2 Å². The summed E-state index contributed by atoms with van der Waals surface area (Å²) >= 11 is 12.0. The van der Waals surface area contributed by atoms with Gasteiger partial charge in [0.05, 0.1) is 11.6 Å². The Kier molecular flexibility index (Phi) is 7.58. The first-order chi connectivity index (χ1) is 10.0. The summed E-state index contributed by atoms with van der Waals surface area (Å²) in [7, 11) is 5.62. The fraction of sp³-hybridized carbons (Fsp3) is 0.357. The number of aliphatic imine (C=N–C) groups is 1. The molecular weight excluding hydrogens is 436 g/mol. The maximum absolute atomic E-state index is 6.05. The topological polar surface area (TPSA) is 46.3 Å². The van der Waals surface area contributed by atoms with Crippen LogP contribution in [0, 0.1) is 0 Å². The van der Waals surface area contributed by atoms with Crippen molar-refractivity contribution in [3.8, 4) is 0 Å². The van der Waals surface area contributed by atoms with Crippen molar-refractivity contribution in [3.63, 3.8) is 0 Å². The molecular formula is C14H20Cl2IN5. The molecule has 0 aliphatic rings. The van der Waals surface area contributed by atoms with E-state index in [1.807, 2.05) is 35.5 Å². The summed E-state index contributed by atoms with van der Waals surface area (Å²) in [5.74, 6) is 0.729. The zero-order valence-electron chi connectivity index (χ0n) is 12.7. The van der Waals surface area contributed by atoms with Crippen molar-refractivity contribution in [1.29, 1.82) is 0 Å². The molecule has 0 atom stereocenters. The molecule has 8 heteroatoms. The second-order valence-electron chi connectivity index (χ2n) is 4.80. The standard InChI is InChI=1S/C14H19Cl2N5.HI/c1-17-14(18-7-10-4-5-20(2)9-10)19-8-11-6-12(15)13(16)21(11)3;/h4-6,9H,7-8H2,1-3H3,(H2,17,18,19);1H. The molecule has 122 valence electrons. The largest absolute Gasteiger partial charge is 0.357 e. The smallest absolute Gasteiger partial charge is 0.191 e. The SMILES string of the molecule is CN=C(NCc1ccn(C)c1)NCc1cc(Cl)c(Cl)n1C.I. The van der Waals surface area contributed by atoms with E-state index in [1.165, 1.54) is 5.56 Å². The second kappa shape index (κ2) is 8.69. The summed E-state index contributed by atoms with van der Waals surface area (Å²) in [6, 6.07) is 3.92. The van der Waals surface area contributed by atoms with Gasteiger partial charge in [0.15, 0.2) is 5.96 Å². The minimum absolute atomic E-state index is 0. The molecule has 0 radical (unpaired) electrons. The molecule has 2 aromatic heterocycles. The molecule has 2 aromatic rings. The Morgan fingerprint density at radius 2 is 1.91 bits per heavy atom. The molecule has 2 heterocycles. The van der Waals surface area contributed by atoms with Crippen molar-refractivity contribution >= 4 is 53.1 Å². The molecule has 2 rings (SSSR count). The molecule has 0 bridgehead atoms. The maximum atomic E-state index is 6.05. The molecule has 0 aliphatic heterocycles. The van der Waals surface area contributed by atoms with Crippen LogP contribution in [-0.2, 0) is 27.2 Å². The van der Waals surface area contributed by atoms with Gasteiger partial charge in [0, 0.05) is 45.8 Å². The second-order valence-corrected chi connectivity index (χ2v) is 5.56. The number of halogens is 3. The first kappa shape index (κ1) is 19.2. The highest BCUT2D eigenvalue weighted by Crippen LogP contribution is 2.24. The van der Waals surface area contributed by atoms with Gasteiger partial charge >= 0.3 is 0 Å². The Hall–Kier alpha value is -0.860. The Balaban J connectivity index is 0.00000242. The number of guanidine groups is 1. The zero-order valence-corrected chi connectivity index (χ0v) is 16.6. The molecule has 0 aromatic carbocycles. The molecule has 0 spiro atoms. The van der Waals surface area contributed by atoms with E-state index in [0.29, 0.717) is 16.7 Å². The van der Waals surface area contributed by atoms with Gasteiger partial charge in [0.1, 0.15) is 5.15 Å². The van der Waals surface area contributed by atoms with Crippen molar-refractivity contribution < 1.29 is 0 Å². The van der Waals surface area contributed by atoms with E-state index < -0.39 is 0 Å². The van der Waals surface area contributed by atoms with Crippen LogP contribution in [-0.4, -0.2) is 22.1 Å². The summed E-state index contributed by atoms with van der Waals surface area (Å²) < 4.78 is 3.86. The highest BCUT2D eigenvalue weighted by atomic mass is 127. The van der Waals surface area contributed by atoms with Crippen LogP contribution in [0.3, 0.4) is 0 Å². The van der Waals surface area contributed by atoms with E-state index in [-0.39, 0.29) is 24.0 Å². The fourth-order valence-corrected chi connectivity index (χ4v) is 2.42. The molecule has 0 aliphatic carbocycles. The summed E-state index contributed by atoms with van der Waals surface area (Å²) in [5.41, 5.74) is 2.19. The van der Waals surface area contributed by atoms with Crippen LogP contribution < -0.4 is 10.6 Å². The van der Waals surface area contributed by atoms with Crippen LogP contribution in [0.15, 0.2) is 29.5 Å². The monoisotopic (exact) mass is 455 g/mol. The number of nitrogens with zero attached hydrogens (tertiary/aromatic N) is 3. The lowest BCUT2D eigenvalue weighted by atomic mass is 10.3. The highest BCUT2D eigenvalue weighted by Gasteiger charge is 2.09. The minimum atomic E-state index is 0. The van der Waals surface area contributed by atoms with E-state index >= 15 is 0 Å². The van der Waals surface area contributed by atoms with Gasteiger partial charge in [-0.1, -0.05) is 23.2 Å². The third-order valence-corrected chi connectivity index (χ3v) is 4.07. The van der Waals surface area contributed by atoms with E-state index in [9.17, 15) is 0 Å². The average Bonchev–Trinajstić information content (AvgIpc) is 2.98. The predicted octanol–water partition coefficient (Wildman–Crippen LogP) is 3.15. The number of rotatable bonds is 4. The lowest BCUT2D eigenvalue weighted by molar-refractivity contribution is 0.750. The van der Waals surface area contributed by atoms with Gasteiger partial charge in [-0.2, -0.15) is 0 Å². The van der Waals surface area contributed by atoms with E-state index in [4.69, 9.17) is 23.2 Å². The van der Waals surface area contributed by atoms with Gasteiger partial charge in [-0.15, -0.1) is 24.0 Å². The number of hydrogen-bond acceptors (Lipinski definition) is 1. The van der Waals surface area contributed by atoms with Crippen molar-refractivity contribution in [1.82, 2.24) is 19.8 Å². The van der Waals surface area contributed by atoms with Crippen LogP contribution in [0.1, 0.15) is 11.3 Å².